The lowest BCUT2D eigenvalue weighted by Crippen LogP contribution is -2.49. The highest BCUT2D eigenvalue weighted by Crippen LogP contribution is 2.43. The minimum absolute atomic E-state index is 0.212. The molecule has 0 spiro atoms. The zero-order chi connectivity index (χ0) is 13.0. The molecule has 0 aliphatic heterocycles. The van der Waals surface area contributed by atoms with Gasteiger partial charge in [-0.1, -0.05) is 32.6 Å². The van der Waals surface area contributed by atoms with Crippen LogP contribution in [0.4, 0.5) is 0 Å². The standard InChI is InChI=1S/C16H31NO/c1-4-13-8-5-6-9-14(13)15(17-2)12-16(18-3)10-7-11-16/h13-15,17H,4-12H2,1-3H3. The summed E-state index contributed by atoms with van der Waals surface area (Å²) in [6, 6.07) is 0.662. The Hall–Kier alpha value is -0.0800. The van der Waals surface area contributed by atoms with E-state index >= 15 is 0 Å². The van der Waals surface area contributed by atoms with Crippen molar-refractivity contribution < 1.29 is 4.74 Å². The Labute approximate surface area is 113 Å². The van der Waals surface area contributed by atoms with Gasteiger partial charge in [0.05, 0.1) is 5.60 Å². The molecule has 0 saturated heterocycles. The van der Waals surface area contributed by atoms with Crippen LogP contribution in [0.1, 0.15) is 64.7 Å². The first kappa shape index (κ1) is 14.3. The third kappa shape index (κ3) is 2.91. The van der Waals surface area contributed by atoms with Crippen LogP contribution in [0.15, 0.2) is 0 Å². The summed E-state index contributed by atoms with van der Waals surface area (Å²) in [6.07, 6.45) is 12.2. The fourth-order valence-corrected chi connectivity index (χ4v) is 4.20. The van der Waals surface area contributed by atoms with E-state index < -0.39 is 0 Å². The van der Waals surface area contributed by atoms with Crippen LogP contribution >= 0.6 is 0 Å². The monoisotopic (exact) mass is 253 g/mol. The summed E-state index contributed by atoms with van der Waals surface area (Å²) in [5, 5.41) is 3.61. The van der Waals surface area contributed by atoms with Crippen molar-refractivity contribution in [3.05, 3.63) is 0 Å². The first-order chi connectivity index (χ1) is 8.74. The fourth-order valence-electron chi connectivity index (χ4n) is 4.20. The average molecular weight is 253 g/mol. The van der Waals surface area contributed by atoms with E-state index in [0.29, 0.717) is 6.04 Å². The normalized spacial score (nSPS) is 32.8. The first-order valence-corrected chi connectivity index (χ1v) is 7.97. The Balaban J connectivity index is 1.98. The highest BCUT2D eigenvalue weighted by molar-refractivity contribution is 4.96. The summed E-state index contributed by atoms with van der Waals surface area (Å²) in [7, 11) is 4.05. The maximum absolute atomic E-state index is 5.83. The lowest BCUT2D eigenvalue weighted by Gasteiger charge is -2.46. The van der Waals surface area contributed by atoms with Crippen molar-refractivity contribution >= 4 is 0 Å². The molecule has 2 aliphatic rings. The van der Waals surface area contributed by atoms with Crippen LogP contribution in [0.2, 0.25) is 0 Å². The highest BCUT2D eigenvalue weighted by atomic mass is 16.5. The first-order valence-electron chi connectivity index (χ1n) is 7.97. The van der Waals surface area contributed by atoms with E-state index in [1.54, 1.807) is 0 Å². The number of hydrogen-bond donors (Lipinski definition) is 1. The number of rotatable bonds is 6. The summed E-state index contributed by atoms with van der Waals surface area (Å²) < 4.78 is 5.83. The van der Waals surface area contributed by atoms with Crippen molar-refractivity contribution in [1.82, 2.24) is 5.32 Å². The molecule has 0 radical (unpaired) electrons. The molecule has 3 atom stereocenters. The van der Waals surface area contributed by atoms with Gasteiger partial charge in [0.2, 0.25) is 0 Å². The van der Waals surface area contributed by atoms with Crippen LogP contribution in [0, 0.1) is 11.8 Å². The lowest BCUT2D eigenvalue weighted by atomic mass is 9.68. The van der Waals surface area contributed by atoms with Gasteiger partial charge in [-0.25, -0.2) is 0 Å². The largest absolute Gasteiger partial charge is 0.378 e. The van der Waals surface area contributed by atoms with Crippen LogP contribution in [-0.2, 0) is 4.74 Å². The lowest BCUT2D eigenvalue weighted by molar-refractivity contribution is -0.0893. The molecular weight excluding hydrogens is 222 g/mol. The van der Waals surface area contributed by atoms with Crippen LogP contribution in [0.25, 0.3) is 0 Å². The van der Waals surface area contributed by atoms with Gasteiger partial charge in [0.15, 0.2) is 0 Å². The number of hydrogen-bond acceptors (Lipinski definition) is 2. The maximum atomic E-state index is 5.83. The van der Waals surface area contributed by atoms with E-state index in [1.165, 1.54) is 57.8 Å². The van der Waals surface area contributed by atoms with E-state index in [2.05, 4.69) is 19.3 Å². The molecule has 3 unspecified atom stereocenters. The molecule has 1 N–H and O–H groups in total. The summed E-state index contributed by atoms with van der Waals surface area (Å²) in [5.74, 6) is 1.81. The van der Waals surface area contributed by atoms with Crippen molar-refractivity contribution in [3.8, 4) is 0 Å². The molecule has 2 saturated carbocycles. The molecule has 2 fully saturated rings. The van der Waals surface area contributed by atoms with Crippen LogP contribution < -0.4 is 5.32 Å². The molecule has 0 aromatic heterocycles. The van der Waals surface area contributed by atoms with Gasteiger partial charge in [0.1, 0.15) is 0 Å². The van der Waals surface area contributed by atoms with Gasteiger partial charge in [0.25, 0.3) is 0 Å². The van der Waals surface area contributed by atoms with E-state index in [9.17, 15) is 0 Å². The van der Waals surface area contributed by atoms with Crippen molar-refractivity contribution in [2.75, 3.05) is 14.2 Å². The molecule has 2 heteroatoms. The minimum atomic E-state index is 0.212. The van der Waals surface area contributed by atoms with Gasteiger partial charge < -0.3 is 10.1 Å². The third-order valence-electron chi connectivity index (χ3n) is 5.67. The van der Waals surface area contributed by atoms with E-state index in [4.69, 9.17) is 4.74 Å². The minimum Gasteiger partial charge on any atom is -0.378 e. The molecule has 0 amide bonds. The smallest absolute Gasteiger partial charge is 0.0693 e. The maximum Gasteiger partial charge on any atom is 0.0693 e. The zero-order valence-corrected chi connectivity index (χ0v) is 12.5. The average Bonchev–Trinajstić information content (AvgIpc) is 2.38. The van der Waals surface area contributed by atoms with Crippen molar-refractivity contribution in [2.45, 2.75) is 76.4 Å². The topological polar surface area (TPSA) is 21.3 Å². The van der Waals surface area contributed by atoms with Gasteiger partial charge in [0, 0.05) is 13.2 Å². The zero-order valence-electron chi connectivity index (χ0n) is 12.5. The van der Waals surface area contributed by atoms with Crippen molar-refractivity contribution in [3.63, 3.8) is 0 Å². The second-order valence-electron chi connectivity index (χ2n) is 6.46. The summed E-state index contributed by atoms with van der Waals surface area (Å²) in [6.45, 7) is 2.37. The van der Waals surface area contributed by atoms with Crippen molar-refractivity contribution in [1.29, 1.82) is 0 Å². The summed E-state index contributed by atoms with van der Waals surface area (Å²) >= 11 is 0. The Morgan fingerprint density at radius 1 is 1.22 bits per heavy atom. The van der Waals surface area contributed by atoms with Gasteiger partial charge in [-0.15, -0.1) is 0 Å². The Morgan fingerprint density at radius 2 is 1.94 bits per heavy atom. The molecule has 2 rings (SSSR count). The fraction of sp³-hybridized carbons (Fsp3) is 1.00. The number of ether oxygens (including phenoxy) is 1. The van der Waals surface area contributed by atoms with Crippen LogP contribution in [-0.4, -0.2) is 25.8 Å². The molecule has 0 aromatic rings. The van der Waals surface area contributed by atoms with Crippen LogP contribution in [0.5, 0.6) is 0 Å². The molecular formula is C16H31NO. The van der Waals surface area contributed by atoms with Gasteiger partial charge in [-0.3, -0.25) is 0 Å². The van der Waals surface area contributed by atoms with Gasteiger partial charge in [-0.2, -0.15) is 0 Å². The van der Waals surface area contributed by atoms with Gasteiger partial charge >= 0.3 is 0 Å². The molecule has 2 aliphatic carbocycles. The van der Waals surface area contributed by atoms with E-state index in [-0.39, 0.29) is 5.60 Å². The predicted molar refractivity (Wildman–Crippen MR) is 76.8 cm³/mol. The molecule has 0 heterocycles. The molecule has 0 aromatic carbocycles. The quantitative estimate of drug-likeness (QED) is 0.778. The van der Waals surface area contributed by atoms with E-state index in [1.807, 2.05) is 7.11 Å². The SMILES string of the molecule is CCC1CCCCC1C(CC1(OC)CCC1)NC. The summed E-state index contributed by atoms with van der Waals surface area (Å²) in [5.41, 5.74) is 0.212. The molecule has 106 valence electrons. The van der Waals surface area contributed by atoms with Crippen LogP contribution in [0.3, 0.4) is 0 Å². The Kier molecular flexibility index (Phi) is 5.08. The molecule has 2 nitrogen and oxygen atoms in total. The Bertz CT molecular complexity index is 244. The second kappa shape index (κ2) is 6.38. The van der Waals surface area contributed by atoms with Gasteiger partial charge in [-0.05, 0) is 51.0 Å². The van der Waals surface area contributed by atoms with E-state index in [0.717, 1.165) is 11.8 Å². The molecule has 0 bridgehead atoms. The number of nitrogens with one attached hydrogen (secondary N) is 1. The Morgan fingerprint density at radius 3 is 2.44 bits per heavy atom. The van der Waals surface area contributed by atoms with Crippen molar-refractivity contribution in [2.24, 2.45) is 11.8 Å². The highest BCUT2D eigenvalue weighted by Gasteiger charge is 2.41. The number of methoxy groups -OCH3 is 1. The predicted octanol–water partition coefficient (Wildman–Crippen LogP) is 3.75. The summed E-state index contributed by atoms with van der Waals surface area (Å²) in [4.78, 5) is 0. The third-order valence-corrected chi connectivity index (χ3v) is 5.67. The molecule has 18 heavy (non-hydrogen) atoms. The second-order valence-corrected chi connectivity index (χ2v) is 6.46.